The third-order valence-electron chi connectivity index (χ3n) is 2.45. The maximum atomic E-state index is 12.2. The van der Waals surface area contributed by atoms with Gasteiger partial charge in [0, 0.05) is 0 Å². The molecule has 0 fully saturated rings. The number of carbonyl (C=O) groups is 1. The fourth-order valence-electron chi connectivity index (χ4n) is 1.59. The fourth-order valence-corrected chi connectivity index (χ4v) is 7.95. The van der Waals surface area contributed by atoms with Crippen LogP contribution in [0.25, 0.3) is 0 Å². The van der Waals surface area contributed by atoms with Gasteiger partial charge in [-0.2, -0.15) is 0 Å². The first kappa shape index (κ1) is 16.1. The molecule has 0 aliphatic carbocycles. The maximum Gasteiger partial charge on any atom is 0.320 e. The smallest absolute Gasteiger partial charge is 0.320 e. The molecule has 100 valence electrons. The van der Waals surface area contributed by atoms with Gasteiger partial charge in [0.15, 0.2) is 0 Å². The molecular weight excluding hydrogens is 303 g/mol. The Morgan fingerprint density at radius 1 is 1.33 bits per heavy atom. The summed E-state index contributed by atoms with van der Waals surface area (Å²) in [5, 5.41) is 0. The van der Waals surface area contributed by atoms with E-state index in [2.05, 4.69) is 0 Å². The van der Waals surface area contributed by atoms with Crippen LogP contribution in [0, 0.1) is 0 Å². The molecule has 0 amide bonds. The molecule has 1 aromatic rings. The van der Waals surface area contributed by atoms with E-state index in [0.717, 1.165) is 5.56 Å². The van der Waals surface area contributed by atoms with Gasteiger partial charge in [0.25, 0.3) is 0 Å². The molecule has 0 radical (unpaired) electrons. The first-order chi connectivity index (χ1) is 8.59. The molecule has 0 bridgehead atoms. The zero-order valence-corrected chi connectivity index (χ0v) is 14.0. The Balaban J connectivity index is 3.19. The van der Waals surface area contributed by atoms with Crippen LogP contribution in [-0.2, 0) is 21.3 Å². The third-order valence-corrected chi connectivity index (χ3v) is 14.9. The van der Waals surface area contributed by atoms with Gasteiger partial charge in [-0.05, 0) is 25.0 Å². The monoisotopic (exact) mass is 320 g/mol. The molecule has 0 saturated carbocycles. The minimum atomic E-state index is -1.91. The van der Waals surface area contributed by atoms with Crippen LogP contribution in [0.5, 0.6) is 0 Å². The van der Waals surface area contributed by atoms with Crippen molar-refractivity contribution in [2.45, 2.75) is 12.6 Å². The van der Waals surface area contributed by atoms with Crippen molar-refractivity contribution < 1.29 is 9.53 Å². The predicted molar refractivity (Wildman–Crippen MR) is 87.1 cm³/mol. The average Bonchev–Trinajstić information content (AvgIpc) is 2.40. The zero-order valence-electron chi connectivity index (χ0n) is 10.7. The van der Waals surface area contributed by atoms with Gasteiger partial charge in [-0.15, -0.1) is 22.8 Å². The molecule has 0 heterocycles. The first-order valence-electron chi connectivity index (χ1n) is 5.51. The summed E-state index contributed by atoms with van der Waals surface area (Å²) in [4.78, 5) is 12.2. The lowest BCUT2D eigenvalue weighted by atomic mass is 10.1. The molecular formula is C12H17O2PS3. The number of ether oxygens (including phenoxy) is 1. The Labute approximate surface area is 122 Å². The SMILES string of the molecule is CCOC(=O)C(c1ccccc1)P(=S)(SC)SC. The second kappa shape index (κ2) is 7.59. The maximum absolute atomic E-state index is 12.2. The van der Waals surface area contributed by atoms with Crippen LogP contribution in [0.1, 0.15) is 18.1 Å². The molecule has 0 aliphatic heterocycles. The van der Waals surface area contributed by atoms with E-state index in [4.69, 9.17) is 16.5 Å². The number of hydrogen-bond donors (Lipinski definition) is 0. The molecule has 0 spiro atoms. The minimum absolute atomic E-state index is 0.198. The van der Waals surface area contributed by atoms with Crippen molar-refractivity contribution in [3.05, 3.63) is 35.9 Å². The van der Waals surface area contributed by atoms with E-state index >= 15 is 0 Å². The largest absolute Gasteiger partial charge is 0.465 e. The van der Waals surface area contributed by atoms with E-state index < -0.39 is 4.44 Å². The van der Waals surface area contributed by atoms with Gasteiger partial charge >= 0.3 is 5.97 Å². The fraction of sp³-hybridized carbons (Fsp3) is 0.417. The summed E-state index contributed by atoms with van der Waals surface area (Å²) >= 11 is 8.97. The van der Waals surface area contributed by atoms with Crippen LogP contribution in [0.4, 0.5) is 0 Å². The highest BCUT2D eigenvalue weighted by molar-refractivity contribution is 9.00. The van der Waals surface area contributed by atoms with E-state index in [0.29, 0.717) is 6.61 Å². The van der Waals surface area contributed by atoms with Gasteiger partial charge in [-0.25, -0.2) is 0 Å². The standard InChI is InChI=1S/C12H17O2PS3/c1-4-14-12(13)11(15(16,17-2)18-3)10-8-6-5-7-9-10/h5-9,11H,4H2,1-3H3. The molecule has 0 N–H and O–H groups in total. The molecule has 1 aromatic carbocycles. The normalized spacial score (nSPS) is 13.1. The Bertz CT molecular complexity index is 428. The highest BCUT2D eigenvalue weighted by atomic mass is 33.2. The van der Waals surface area contributed by atoms with Crippen molar-refractivity contribution >= 4 is 45.0 Å². The van der Waals surface area contributed by atoms with Crippen LogP contribution in [0.15, 0.2) is 30.3 Å². The predicted octanol–water partition coefficient (Wildman–Crippen LogP) is 4.33. The Morgan fingerprint density at radius 3 is 2.33 bits per heavy atom. The van der Waals surface area contributed by atoms with E-state index in [1.807, 2.05) is 49.8 Å². The van der Waals surface area contributed by atoms with Crippen molar-refractivity contribution in [3.63, 3.8) is 0 Å². The number of rotatable bonds is 6. The lowest BCUT2D eigenvalue weighted by Gasteiger charge is -2.26. The van der Waals surface area contributed by atoms with Crippen LogP contribution in [0.3, 0.4) is 0 Å². The van der Waals surface area contributed by atoms with E-state index in [9.17, 15) is 4.79 Å². The highest BCUT2D eigenvalue weighted by Crippen LogP contribution is 2.76. The summed E-state index contributed by atoms with van der Waals surface area (Å²) in [7, 11) is 0. The zero-order chi connectivity index (χ0) is 13.6. The van der Waals surface area contributed by atoms with Gasteiger partial charge in [-0.3, -0.25) is 4.79 Å². The molecule has 0 aliphatic rings. The topological polar surface area (TPSA) is 26.3 Å². The summed E-state index contributed by atoms with van der Waals surface area (Å²) in [6, 6.07) is 9.71. The number of carbonyl (C=O) groups excluding carboxylic acids is 1. The summed E-state index contributed by atoms with van der Waals surface area (Å²) in [5.41, 5.74) is 0.640. The number of hydrogen-bond acceptors (Lipinski definition) is 5. The van der Waals surface area contributed by atoms with Crippen molar-refractivity contribution in [1.82, 2.24) is 0 Å². The summed E-state index contributed by atoms with van der Waals surface area (Å²) in [6.45, 7) is 2.21. The second-order valence-corrected chi connectivity index (χ2v) is 15.3. The van der Waals surface area contributed by atoms with Gasteiger partial charge in [0.2, 0.25) is 0 Å². The van der Waals surface area contributed by atoms with Crippen LogP contribution in [-0.4, -0.2) is 25.1 Å². The highest BCUT2D eigenvalue weighted by Gasteiger charge is 2.35. The van der Waals surface area contributed by atoms with Crippen LogP contribution in [0.2, 0.25) is 0 Å². The van der Waals surface area contributed by atoms with E-state index in [-0.39, 0.29) is 11.6 Å². The average molecular weight is 320 g/mol. The summed E-state index contributed by atoms with van der Waals surface area (Å²) in [5.74, 6) is -0.198. The number of benzene rings is 1. The molecule has 18 heavy (non-hydrogen) atoms. The minimum Gasteiger partial charge on any atom is -0.465 e. The Kier molecular flexibility index (Phi) is 6.78. The van der Waals surface area contributed by atoms with Crippen LogP contribution >= 0.6 is 27.2 Å². The summed E-state index contributed by atoms with van der Waals surface area (Å²) in [6.07, 6.45) is 3.96. The van der Waals surface area contributed by atoms with Gasteiger partial charge in [0.05, 0.1) is 11.0 Å². The quantitative estimate of drug-likeness (QED) is 0.574. The molecule has 0 saturated heterocycles. The van der Waals surface area contributed by atoms with Crippen molar-refractivity contribution in [2.24, 2.45) is 0 Å². The van der Waals surface area contributed by atoms with Gasteiger partial charge in [0.1, 0.15) is 5.66 Å². The van der Waals surface area contributed by atoms with Gasteiger partial charge < -0.3 is 4.74 Å². The van der Waals surface area contributed by atoms with Crippen LogP contribution < -0.4 is 0 Å². The van der Waals surface area contributed by atoms with E-state index in [1.165, 1.54) is 0 Å². The Hall–Kier alpha value is 0.0400. The lowest BCUT2D eigenvalue weighted by Crippen LogP contribution is -2.14. The third kappa shape index (κ3) is 3.77. The molecule has 1 unspecified atom stereocenters. The first-order valence-corrected chi connectivity index (χ1v) is 12.0. The van der Waals surface area contributed by atoms with Crippen molar-refractivity contribution in [1.29, 1.82) is 0 Å². The molecule has 1 atom stereocenters. The van der Waals surface area contributed by atoms with E-state index in [1.54, 1.807) is 22.8 Å². The van der Waals surface area contributed by atoms with Crippen molar-refractivity contribution in [3.8, 4) is 0 Å². The molecule has 0 aromatic heterocycles. The second-order valence-electron chi connectivity index (χ2n) is 3.47. The Morgan fingerprint density at radius 2 is 1.89 bits per heavy atom. The lowest BCUT2D eigenvalue weighted by molar-refractivity contribution is -0.142. The van der Waals surface area contributed by atoms with Crippen molar-refractivity contribution in [2.75, 3.05) is 19.1 Å². The molecule has 2 nitrogen and oxygen atoms in total. The summed E-state index contributed by atoms with van der Waals surface area (Å²) < 4.78 is 3.30. The molecule has 1 rings (SSSR count). The number of esters is 1. The molecule has 6 heteroatoms. The van der Waals surface area contributed by atoms with Gasteiger partial charge in [-0.1, -0.05) is 42.1 Å².